The number of nitrogens with one attached hydrogen (secondary N) is 1. The van der Waals surface area contributed by atoms with E-state index in [0.717, 1.165) is 6.42 Å². The van der Waals surface area contributed by atoms with Gasteiger partial charge in [0.25, 0.3) is 5.91 Å². The lowest BCUT2D eigenvalue weighted by Crippen LogP contribution is -2.27. The maximum Gasteiger partial charge on any atom is 0.255 e. The Bertz CT molecular complexity index is 910. The van der Waals surface area contributed by atoms with E-state index in [0.29, 0.717) is 29.3 Å². The van der Waals surface area contributed by atoms with E-state index in [4.69, 9.17) is 9.47 Å². The molecular formula is C18H20N2O5S. The smallest absolute Gasteiger partial charge is 0.255 e. The molecule has 1 amide bonds. The van der Waals surface area contributed by atoms with E-state index in [2.05, 4.69) is 5.32 Å². The van der Waals surface area contributed by atoms with Crippen LogP contribution in [0.1, 0.15) is 23.7 Å². The first-order valence-corrected chi connectivity index (χ1v) is 9.63. The van der Waals surface area contributed by atoms with Crippen LogP contribution in [-0.4, -0.2) is 39.0 Å². The molecule has 0 spiro atoms. The number of carbonyl (C=O) groups excluding carboxylic acids is 1. The van der Waals surface area contributed by atoms with Gasteiger partial charge in [-0.05, 0) is 48.9 Å². The molecule has 1 aliphatic rings. The third-order valence-corrected chi connectivity index (χ3v) is 5.86. The van der Waals surface area contributed by atoms with Gasteiger partial charge in [-0.2, -0.15) is 0 Å². The molecule has 1 heterocycles. The Morgan fingerprint density at radius 3 is 2.50 bits per heavy atom. The average molecular weight is 376 g/mol. The summed E-state index contributed by atoms with van der Waals surface area (Å²) in [7, 11) is -1.97. The van der Waals surface area contributed by atoms with E-state index < -0.39 is 10.0 Å². The molecule has 0 fully saturated rings. The summed E-state index contributed by atoms with van der Waals surface area (Å²) in [5.74, 6) is 0.812. The highest BCUT2D eigenvalue weighted by Gasteiger charge is 2.20. The van der Waals surface area contributed by atoms with Crippen LogP contribution in [0.2, 0.25) is 0 Å². The molecule has 2 aromatic rings. The summed E-state index contributed by atoms with van der Waals surface area (Å²) in [6.07, 6.45) is 0.736. The highest BCUT2D eigenvalue weighted by molar-refractivity contribution is 7.89. The number of sulfonamides is 1. The van der Waals surface area contributed by atoms with E-state index in [1.807, 2.05) is 6.92 Å². The van der Waals surface area contributed by atoms with E-state index in [1.165, 1.54) is 16.4 Å². The van der Waals surface area contributed by atoms with Gasteiger partial charge in [-0.15, -0.1) is 0 Å². The largest absolute Gasteiger partial charge is 0.454 e. The van der Waals surface area contributed by atoms with Gasteiger partial charge in [0.15, 0.2) is 11.5 Å². The standard InChI is InChI=1S/C18H20N2O5S/c1-3-10-20(2)26(22,23)15-7-5-14(6-8-15)19-18(21)13-4-9-16-17(11-13)25-12-24-16/h4-9,11H,3,10,12H2,1-2H3,(H,19,21). The van der Waals surface area contributed by atoms with Gasteiger partial charge in [-0.3, -0.25) is 4.79 Å². The van der Waals surface area contributed by atoms with Crippen LogP contribution < -0.4 is 14.8 Å². The Morgan fingerprint density at radius 1 is 1.12 bits per heavy atom. The van der Waals surface area contributed by atoms with Crippen molar-refractivity contribution in [2.24, 2.45) is 0 Å². The molecule has 0 saturated heterocycles. The minimum Gasteiger partial charge on any atom is -0.454 e. The molecule has 0 aromatic heterocycles. The summed E-state index contributed by atoms with van der Waals surface area (Å²) in [6.45, 7) is 2.51. The molecule has 7 nitrogen and oxygen atoms in total. The number of ether oxygens (including phenoxy) is 2. The second-order valence-electron chi connectivity index (χ2n) is 5.87. The summed E-state index contributed by atoms with van der Waals surface area (Å²) >= 11 is 0. The van der Waals surface area contributed by atoms with Crippen LogP contribution in [0, 0.1) is 0 Å². The monoisotopic (exact) mass is 376 g/mol. The first kappa shape index (κ1) is 18.2. The van der Waals surface area contributed by atoms with Gasteiger partial charge in [-0.1, -0.05) is 6.92 Å². The minimum absolute atomic E-state index is 0.142. The lowest BCUT2D eigenvalue weighted by Gasteiger charge is -2.16. The van der Waals surface area contributed by atoms with Crippen molar-refractivity contribution >= 4 is 21.6 Å². The summed E-state index contributed by atoms with van der Waals surface area (Å²) in [5.41, 5.74) is 0.929. The van der Waals surface area contributed by atoms with Crippen LogP contribution in [0.3, 0.4) is 0 Å². The van der Waals surface area contributed by atoms with E-state index in [9.17, 15) is 13.2 Å². The number of amides is 1. The third-order valence-electron chi connectivity index (χ3n) is 3.99. The van der Waals surface area contributed by atoms with Crippen LogP contribution >= 0.6 is 0 Å². The zero-order chi connectivity index (χ0) is 18.7. The van der Waals surface area contributed by atoms with Crippen molar-refractivity contribution in [2.75, 3.05) is 25.7 Å². The van der Waals surface area contributed by atoms with Crippen molar-refractivity contribution in [1.29, 1.82) is 0 Å². The van der Waals surface area contributed by atoms with Gasteiger partial charge in [0.05, 0.1) is 4.90 Å². The number of hydrogen-bond acceptors (Lipinski definition) is 5. The maximum atomic E-state index is 12.4. The van der Waals surface area contributed by atoms with Crippen molar-refractivity contribution in [3.63, 3.8) is 0 Å². The molecule has 1 aliphatic heterocycles. The fourth-order valence-electron chi connectivity index (χ4n) is 2.57. The molecule has 3 rings (SSSR count). The number of fused-ring (bicyclic) bond motifs is 1. The van der Waals surface area contributed by atoms with Crippen LogP contribution in [-0.2, 0) is 10.0 Å². The first-order chi connectivity index (χ1) is 12.4. The minimum atomic E-state index is -3.52. The van der Waals surface area contributed by atoms with Crippen LogP contribution in [0.4, 0.5) is 5.69 Å². The number of carbonyl (C=O) groups is 1. The van der Waals surface area contributed by atoms with Gasteiger partial charge < -0.3 is 14.8 Å². The molecule has 0 unspecified atom stereocenters. The maximum absolute atomic E-state index is 12.4. The molecule has 2 aromatic carbocycles. The van der Waals surface area contributed by atoms with Crippen molar-refractivity contribution in [2.45, 2.75) is 18.2 Å². The molecule has 0 radical (unpaired) electrons. The Kier molecular flexibility index (Phi) is 5.15. The third kappa shape index (κ3) is 3.66. The number of nitrogens with zero attached hydrogens (tertiary/aromatic N) is 1. The highest BCUT2D eigenvalue weighted by atomic mass is 32.2. The van der Waals surface area contributed by atoms with Crippen molar-refractivity contribution in [3.8, 4) is 11.5 Å². The first-order valence-electron chi connectivity index (χ1n) is 8.19. The van der Waals surface area contributed by atoms with Gasteiger partial charge in [0.1, 0.15) is 0 Å². The molecule has 1 N–H and O–H groups in total. The van der Waals surface area contributed by atoms with Crippen molar-refractivity contribution in [3.05, 3.63) is 48.0 Å². The number of rotatable bonds is 6. The molecule has 0 bridgehead atoms. The van der Waals surface area contributed by atoms with Gasteiger partial charge in [0.2, 0.25) is 16.8 Å². The molecule has 8 heteroatoms. The fraction of sp³-hybridized carbons (Fsp3) is 0.278. The van der Waals surface area contributed by atoms with E-state index in [1.54, 1.807) is 37.4 Å². The SMILES string of the molecule is CCCN(C)S(=O)(=O)c1ccc(NC(=O)c2ccc3c(c2)OCO3)cc1. The molecular weight excluding hydrogens is 356 g/mol. The highest BCUT2D eigenvalue weighted by Crippen LogP contribution is 2.32. The summed E-state index contributed by atoms with van der Waals surface area (Å²) in [4.78, 5) is 12.5. The second-order valence-corrected chi connectivity index (χ2v) is 7.92. The molecule has 138 valence electrons. The summed E-state index contributed by atoms with van der Waals surface area (Å²) in [5, 5.41) is 2.74. The van der Waals surface area contributed by atoms with Crippen LogP contribution in [0.5, 0.6) is 11.5 Å². The lowest BCUT2D eigenvalue weighted by molar-refractivity contribution is 0.102. The zero-order valence-corrected chi connectivity index (χ0v) is 15.4. The lowest BCUT2D eigenvalue weighted by atomic mass is 10.2. The quantitative estimate of drug-likeness (QED) is 0.838. The fourth-order valence-corrected chi connectivity index (χ4v) is 3.83. The Balaban J connectivity index is 1.72. The molecule has 0 aliphatic carbocycles. The van der Waals surface area contributed by atoms with Crippen molar-refractivity contribution in [1.82, 2.24) is 4.31 Å². The van der Waals surface area contributed by atoms with Crippen molar-refractivity contribution < 1.29 is 22.7 Å². The second kappa shape index (κ2) is 7.35. The Morgan fingerprint density at radius 2 is 1.81 bits per heavy atom. The summed E-state index contributed by atoms with van der Waals surface area (Å²) in [6, 6.07) is 11.0. The molecule has 26 heavy (non-hydrogen) atoms. The number of benzene rings is 2. The normalized spacial score (nSPS) is 13.0. The average Bonchev–Trinajstić information content (AvgIpc) is 3.10. The Labute approximate surface area is 152 Å². The topological polar surface area (TPSA) is 84.9 Å². The van der Waals surface area contributed by atoms with Crippen LogP contribution in [0.15, 0.2) is 47.4 Å². The summed E-state index contributed by atoms with van der Waals surface area (Å²) < 4.78 is 36.6. The molecule has 0 saturated carbocycles. The predicted octanol–water partition coefficient (Wildman–Crippen LogP) is 2.70. The van der Waals surface area contributed by atoms with Gasteiger partial charge >= 0.3 is 0 Å². The van der Waals surface area contributed by atoms with Gasteiger partial charge in [0, 0.05) is 24.8 Å². The van der Waals surface area contributed by atoms with Crippen LogP contribution in [0.25, 0.3) is 0 Å². The number of anilines is 1. The predicted molar refractivity (Wildman–Crippen MR) is 97.1 cm³/mol. The zero-order valence-electron chi connectivity index (χ0n) is 14.6. The van der Waals surface area contributed by atoms with Gasteiger partial charge in [-0.25, -0.2) is 12.7 Å². The number of hydrogen-bond donors (Lipinski definition) is 1. The molecule has 0 atom stereocenters. The Hall–Kier alpha value is -2.58. The van der Waals surface area contributed by atoms with E-state index >= 15 is 0 Å². The van der Waals surface area contributed by atoms with E-state index in [-0.39, 0.29) is 17.6 Å².